The number of amides is 1. The monoisotopic (exact) mass is 350 g/mol. The minimum Gasteiger partial charge on any atom is -0.383 e. The van der Waals surface area contributed by atoms with Crippen LogP contribution in [0.1, 0.15) is 24.1 Å². The fraction of sp³-hybridized carbons (Fsp3) is 0.250. The number of benzene rings is 2. The largest absolute Gasteiger partial charge is 0.383 e. The van der Waals surface area contributed by atoms with Crippen LogP contribution in [0.4, 0.5) is 0 Å². The third-order valence-corrected chi connectivity index (χ3v) is 4.42. The average Bonchev–Trinajstić information content (AvgIpc) is 3.22. The average molecular weight is 350 g/mol. The fourth-order valence-corrected chi connectivity index (χ4v) is 2.87. The molecule has 0 bridgehead atoms. The molecule has 6 nitrogen and oxygen atoms in total. The number of nitrogens with zero attached hydrogens (tertiary/aromatic N) is 3. The zero-order chi connectivity index (χ0) is 18.4. The molecule has 0 aliphatic heterocycles. The molecule has 0 spiro atoms. The lowest BCUT2D eigenvalue weighted by Gasteiger charge is -2.30. The number of hydrogen-bond donors (Lipinski definition) is 2. The summed E-state index contributed by atoms with van der Waals surface area (Å²) in [5, 5.41) is 18.2. The maximum Gasteiger partial charge on any atom is 0.244 e. The lowest BCUT2D eigenvalue weighted by Crippen LogP contribution is -2.44. The Bertz CT molecular complexity index is 822. The van der Waals surface area contributed by atoms with Crippen LogP contribution in [0.15, 0.2) is 73.3 Å². The molecule has 2 atom stereocenters. The first-order chi connectivity index (χ1) is 12.6. The summed E-state index contributed by atoms with van der Waals surface area (Å²) >= 11 is 0. The van der Waals surface area contributed by atoms with E-state index in [1.165, 1.54) is 17.3 Å². The van der Waals surface area contributed by atoms with E-state index in [2.05, 4.69) is 15.4 Å². The van der Waals surface area contributed by atoms with Crippen molar-refractivity contribution in [3.63, 3.8) is 0 Å². The van der Waals surface area contributed by atoms with E-state index in [1.807, 2.05) is 60.7 Å². The fourth-order valence-electron chi connectivity index (χ4n) is 2.87. The Kier molecular flexibility index (Phi) is 5.43. The van der Waals surface area contributed by atoms with Gasteiger partial charge in [0, 0.05) is 6.42 Å². The molecule has 1 amide bonds. The van der Waals surface area contributed by atoms with Crippen LogP contribution in [0.25, 0.3) is 0 Å². The summed E-state index contributed by atoms with van der Waals surface area (Å²) in [7, 11) is 0. The first kappa shape index (κ1) is 17.8. The van der Waals surface area contributed by atoms with Gasteiger partial charge in [0.25, 0.3) is 0 Å². The molecule has 1 aromatic heterocycles. The number of carbonyl (C=O) groups is 1. The molecule has 26 heavy (non-hydrogen) atoms. The van der Waals surface area contributed by atoms with E-state index in [4.69, 9.17) is 0 Å². The van der Waals surface area contributed by atoms with Crippen molar-refractivity contribution < 1.29 is 9.90 Å². The van der Waals surface area contributed by atoms with Gasteiger partial charge in [-0.3, -0.25) is 4.79 Å². The number of hydrogen-bond acceptors (Lipinski definition) is 4. The molecule has 2 unspecified atom stereocenters. The van der Waals surface area contributed by atoms with Crippen LogP contribution in [0.3, 0.4) is 0 Å². The van der Waals surface area contributed by atoms with Crippen LogP contribution in [-0.4, -0.2) is 32.3 Å². The van der Waals surface area contributed by atoms with Gasteiger partial charge in [0.1, 0.15) is 24.3 Å². The van der Waals surface area contributed by atoms with Crippen molar-refractivity contribution in [2.75, 3.05) is 6.54 Å². The van der Waals surface area contributed by atoms with E-state index < -0.39 is 11.6 Å². The maximum atomic E-state index is 12.5. The molecule has 1 heterocycles. The van der Waals surface area contributed by atoms with E-state index >= 15 is 0 Å². The Hall–Kier alpha value is -2.99. The highest BCUT2D eigenvalue weighted by atomic mass is 16.3. The van der Waals surface area contributed by atoms with Crippen LogP contribution >= 0.6 is 0 Å². The predicted molar refractivity (Wildman–Crippen MR) is 98.2 cm³/mol. The van der Waals surface area contributed by atoms with Gasteiger partial charge in [0.2, 0.25) is 5.91 Å². The van der Waals surface area contributed by atoms with Crippen LogP contribution < -0.4 is 5.32 Å². The molecule has 134 valence electrons. The lowest BCUT2D eigenvalue weighted by atomic mass is 9.87. The van der Waals surface area contributed by atoms with Crippen molar-refractivity contribution in [2.24, 2.45) is 0 Å². The van der Waals surface area contributed by atoms with Crippen LogP contribution in [0.2, 0.25) is 0 Å². The van der Waals surface area contributed by atoms with Gasteiger partial charge in [-0.25, -0.2) is 9.67 Å². The Balaban J connectivity index is 1.77. The molecule has 3 aromatic rings. The highest BCUT2D eigenvalue weighted by molar-refractivity contribution is 5.79. The minimum atomic E-state index is -1.21. The first-order valence-corrected chi connectivity index (χ1v) is 8.52. The smallest absolute Gasteiger partial charge is 0.244 e. The molecule has 2 aromatic carbocycles. The van der Waals surface area contributed by atoms with Crippen molar-refractivity contribution in [2.45, 2.75) is 25.0 Å². The number of carbonyl (C=O) groups excluding carboxylic acids is 1. The van der Waals surface area contributed by atoms with Gasteiger partial charge < -0.3 is 10.4 Å². The van der Waals surface area contributed by atoms with Crippen molar-refractivity contribution in [3.8, 4) is 0 Å². The summed E-state index contributed by atoms with van der Waals surface area (Å²) in [4.78, 5) is 16.3. The summed E-state index contributed by atoms with van der Waals surface area (Å²) in [5.74, 6) is -0.224. The van der Waals surface area contributed by atoms with Crippen molar-refractivity contribution in [1.29, 1.82) is 0 Å². The van der Waals surface area contributed by atoms with E-state index in [9.17, 15) is 9.90 Å². The van der Waals surface area contributed by atoms with E-state index in [0.717, 1.165) is 11.1 Å². The van der Waals surface area contributed by atoms with Gasteiger partial charge in [-0.1, -0.05) is 60.7 Å². The van der Waals surface area contributed by atoms with Gasteiger partial charge in [0.15, 0.2) is 0 Å². The van der Waals surface area contributed by atoms with Gasteiger partial charge in [0.05, 0.1) is 6.54 Å². The standard InChI is InChI=1S/C20H22N4O2/c1-16(24-15-21-14-23-24)19(25)22-13-20(26,18-10-6-3-7-11-18)12-17-8-4-2-5-9-17/h2-11,14-16,26H,12-13H2,1H3,(H,22,25). The van der Waals surface area contributed by atoms with Gasteiger partial charge >= 0.3 is 0 Å². The summed E-state index contributed by atoms with van der Waals surface area (Å²) < 4.78 is 1.48. The van der Waals surface area contributed by atoms with E-state index in [1.54, 1.807) is 6.92 Å². The van der Waals surface area contributed by atoms with Crippen LogP contribution in [0.5, 0.6) is 0 Å². The van der Waals surface area contributed by atoms with Gasteiger partial charge in [-0.2, -0.15) is 5.10 Å². The second kappa shape index (κ2) is 7.93. The zero-order valence-electron chi connectivity index (χ0n) is 14.6. The van der Waals surface area contributed by atoms with E-state index in [0.29, 0.717) is 6.42 Å². The zero-order valence-corrected chi connectivity index (χ0v) is 14.6. The molecule has 3 rings (SSSR count). The quantitative estimate of drug-likeness (QED) is 0.684. The molecule has 0 aliphatic carbocycles. The topological polar surface area (TPSA) is 80.0 Å². The molecule has 0 saturated heterocycles. The second-order valence-corrected chi connectivity index (χ2v) is 6.33. The number of aromatic nitrogens is 3. The molecule has 0 fully saturated rings. The molecule has 0 aliphatic rings. The molecular weight excluding hydrogens is 328 g/mol. The minimum absolute atomic E-state index is 0.101. The third kappa shape index (κ3) is 4.15. The highest BCUT2D eigenvalue weighted by Gasteiger charge is 2.31. The SMILES string of the molecule is CC(C(=O)NCC(O)(Cc1ccccc1)c1ccccc1)n1cncn1. The lowest BCUT2D eigenvalue weighted by molar-refractivity contribution is -0.125. The Labute approximate surface area is 152 Å². The Morgan fingerprint density at radius 1 is 1.15 bits per heavy atom. The number of aliphatic hydroxyl groups is 1. The summed E-state index contributed by atoms with van der Waals surface area (Å²) in [6, 6.07) is 18.6. The third-order valence-electron chi connectivity index (χ3n) is 4.42. The number of nitrogens with one attached hydrogen (secondary N) is 1. The molecule has 0 radical (unpaired) electrons. The maximum absolute atomic E-state index is 12.5. The van der Waals surface area contributed by atoms with Crippen molar-refractivity contribution in [1.82, 2.24) is 20.1 Å². The molecule has 2 N–H and O–H groups in total. The van der Waals surface area contributed by atoms with Crippen LogP contribution in [0, 0.1) is 0 Å². The van der Waals surface area contributed by atoms with Gasteiger partial charge in [-0.15, -0.1) is 0 Å². The van der Waals surface area contributed by atoms with Crippen molar-refractivity contribution >= 4 is 5.91 Å². The Morgan fingerprint density at radius 3 is 2.42 bits per heavy atom. The number of rotatable bonds is 7. The van der Waals surface area contributed by atoms with Crippen molar-refractivity contribution in [3.05, 3.63) is 84.4 Å². The summed E-state index contributed by atoms with van der Waals surface area (Å²) in [6.07, 6.45) is 3.28. The Morgan fingerprint density at radius 2 is 1.81 bits per heavy atom. The summed E-state index contributed by atoms with van der Waals surface area (Å²) in [6.45, 7) is 1.84. The molecule has 0 saturated carbocycles. The van der Waals surface area contributed by atoms with Gasteiger partial charge in [-0.05, 0) is 18.1 Å². The summed E-state index contributed by atoms with van der Waals surface area (Å²) in [5.41, 5.74) is 0.551. The molecular formula is C20H22N4O2. The predicted octanol–water partition coefficient (Wildman–Crippen LogP) is 2.09. The second-order valence-electron chi connectivity index (χ2n) is 6.33. The highest BCUT2D eigenvalue weighted by Crippen LogP contribution is 2.25. The molecule has 6 heteroatoms. The van der Waals surface area contributed by atoms with E-state index in [-0.39, 0.29) is 12.5 Å². The normalized spacial score (nSPS) is 14.4. The first-order valence-electron chi connectivity index (χ1n) is 8.52. The van der Waals surface area contributed by atoms with Crippen LogP contribution in [-0.2, 0) is 16.8 Å².